The third kappa shape index (κ3) is 3.41. The van der Waals surface area contributed by atoms with Crippen molar-refractivity contribution in [3.63, 3.8) is 0 Å². The Labute approximate surface area is 112 Å². The standard InChI is InChI=1S/C13H19N3O3/c1-8(2)11-15-7-10(13(17)18)12(16-11)14-6-9-4-3-5-19-9/h7-9H,3-6H2,1-2H3,(H,17,18)(H,14,15,16). The normalized spacial score (nSPS) is 18.8. The number of carbonyl (C=O) groups is 1. The zero-order chi connectivity index (χ0) is 13.8. The lowest BCUT2D eigenvalue weighted by Gasteiger charge is -2.14. The Morgan fingerprint density at radius 2 is 2.42 bits per heavy atom. The molecule has 2 rings (SSSR count). The quantitative estimate of drug-likeness (QED) is 0.845. The van der Waals surface area contributed by atoms with Crippen molar-refractivity contribution in [3.8, 4) is 0 Å². The number of nitrogens with one attached hydrogen (secondary N) is 1. The molecule has 6 nitrogen and oxygen atoms in total. The lowest BCUT2D eigenvalue weighted by atomic mass is 10.2. The highest BCUT2D eigenvalue weighted by Crippen LogP contribution is 2.18. The first-order chi connectivity index (χ1) is 9.08. The molecule has 1 saturated heterocycles. The molecular weight excluding hydrogens is 246 g/mol. The molecule has 104 valence electrons. The molecule has 1 unspecified atom stereocenters. The van der Waals surface area contributed by atoms with Gasteiger partial charge < -0.3 is 15.2 Å². The molecule has 2 N–H and O–H groups in total. The Hall–Kier alpha value is -1.69. The number of carboxylic acids is 1. The van der Waals surface area contributed by atoms with E-state index in [2.05, 4.69) is 15.3 Å². The van der Waals surface area contributed by atoms with Gasteiger partial charge in [0, 0.05) is 25.3 Å². The fourth-order valence-corrected chi connectivity index (χ4v) is 1.98. The molecule has 0 bridgehead atoms. The van der Waals surface area contributed by atoms with E-state index in [1.807, 2.05) is 13.8 Å². The molecule has 1 aliphatic rings. The topological polar surface area (TPSA) is 84.3 Å². The molecule has 1 fully saturated rings. The van der Waals surface area contributed by atoms with Crippen LogP contribution in [0.5, 0.6) is 0 Å². The maximum absolute atomic E-state index is 11.1. The van der Waals surface area contributed by atoms with E-state index in [0.717, 1.165) is 19.4 Å². The monoisotopic (exact) mass is 265 g/mol. The van der Waals surface area contributed by atoms with E-state index in [0.29, 0.717) is 18.2 Å². The Bertz CT molecular complexity index is 456. The van der Waals surface area contributed by atoms with Crippen LogP contribution in [0.2, 0.25) is 0 Å². The Kier molecular flexibility index (Phi) is 4.31. The van der Waals surface area contributed by atoms with Crippen LogP contribution in [0.15, 0.2) is 6.20 Å². The summed E-state index contributed by atoms with van der Waals surface area (Å²) < 4.78 is 5.50. The van der Waals surface area contributed by atoms with E-state index < -0.39 is 5.97 Å². The second-order valence-corrected chi connectivity index (χ2v) is 4.97. The average Bonchev–Trinajstić information content (AvgIpc) is 2.88. The lowest BCUT2D eigenvalue weighted by Crippen LogP contribution is -2.21. The van der Waals surface area contributed by atoms with E-state index in [1.54, 1.807) is 0 Å². The van der Waals surface area contributed by atoms with Crippen molar-refractivity contribution in [3.05, 3.63) is 17.6 Å². The summed E-state index contributed by atoms with van der Waals surface area (Å²) in [7, 11) is 0. The molecule has 0 saturated carbocycles. The number of anilines is 1. The Morgan fingerprint density at radius 1 is 1.63 bits per heavy atom. The van der Waals surface area contributed by atoms with Gasteiger partial charge in [0.15, 0.2) is 0 Å². The van der Waals surface area contributed by atoms with E-state index in [9.17, 15) is 4.79 Å². The molecule has 0 aromatic carbocycles. The van der Waals surface area contributed by atoms with Crippen molar-refractivity contribution >= 4 is 11.8 Å². The first-order valence-corrected chi connectivity index (χ1v) is 6.53. The van der Waals surface area contributed by atoms with Crippen LogP contribution >= 0.6 is 0 Å². The fraction of sp³-hybridized carbons (Fsp3) is 0.615. The third-order valence-corrected chi connectivity index (χ3v) is 3.08. The van der Waals surface area contributed by atoms with Gasteiger partial charge in [-0.15, -0.1) is 0 Å². The lowest BCUT2D eigenvalue weighted by molar-refractivity contribution is 0.0696. The number of aromatic nitrogens is 2. The summed E-state index contributed by atoms with van der Waals surface area (Å²) in [6, 6.07) is 0. The van der Waals surface area contributed by atoms with Gasteiger partial charge in [0.2, 0.25) is 0 Å². The molecule has 1 aromatic rings. The van der Waals surface area contributed by atoms with Crippen LogP contribution in [0.4, 0.5) is 5.82 Å². The van der Waals surface area contributed by atoms with Crippen molar-refractivity contribution in [2.45, 2.75) is 38.7 Å². The zero-order valence-electron chi connectivity index (χ0n) is 11.2. The number of carboxylic acid groups (broad SMARTS) is 1. The highest BCUT2D eigenvalue weighted by atomic mass is 16.5. The van der Waals surface area contributed by atoms with E-state index in [4.69, 9.17) is 9.84 Å². The fourth-order valence-electron chi connectivity index (χ4n) is 1.98. The Balaban J connectivity index is 2.14. The van der Waals surface area contributed by atoms with E-state index >= 15 is 0 Å². The molecule has 0 spiro atoms. The second kappa shape index (κ2) is 5.97. The summed E-state index contributed by atoms with van der Waals surface area (Å²) in [6.07, 6.45) is 3.55. The minimum Gasteiger partial charge on any atom is -0.477 e. The molecule has 0 radical (unpaired) electrons. The highest BCUT2D eigenvalue weighted by Gasteiger charge is 2.19. The first kappa shape index (κ1) is 13.7. The van der Waals surface area contributed by atoms with Crippen molar-refractivity contribution in [1.82, 2.24) is 9.97 Å². The maximum Gasteiger partial charge on any atom is 0.341 e. The van der Waals surface area contributed by atoms with Crippen molar-refractivity contribution in [2.75, 3.05) is 18.5 Å². The van der Waals surface area contributed by atoms with Gasteiger partial charge >= 0.3 is 5.97 Å². The van der Waals surface area contributed by atoms with Crippen LogP contribution in [0, 0.1) is 0 Å². The van der Waals surface area contributed by atoms with Gasteiger partial charge in [0.25, 0.3) is 0 Å². The second-order valence-electron chi connectivity index (χ2n) is 4.97. The summed E-state index contributed by atoms with van der Waals surface area (Å²) in [5.74, 6) is 0.151. The number of hydrogen-bond acceptors (Lipinski definition) is 5. The molecule has 2 heterocycles. The zero-order valence-corrected chi connectivity index (χ0v) is 11.2. The van der Waals surface area contributed by atoms with Crippen LogP contribution in [0.25, 0.3) is 0 Å². The van der Waals surface area contributed by atoms with Gasteiger partial charge in [0.1, 0.15) is 17.2 Å². The van der Waals surface area contributed by atoms with Crippen LogP contribution in [0.3, 0.4) is 0 Å². The highest BCUT2D eigenvalue weighted by molar-refractivity contribution is 5.92. The van der Waals surface area contributed by atoms with E-state index in [1.165, 1.54) is 6.20 Å². The largest absolute Gasteiger partial charge is 0.477 e. The van der Waals surface area contributed by atoms with Gasteiger partial charge in [-0.1, -0.05) is 13.8 Å². The molecule has 0 aliphatic carbocycles. The summed E-state index contributed by atoms with van der Waals surface area (Å²) in [5, 5.41) is 12.2. The first-order valence-electron chi connectivity index (χ1n) is 6.53. The van der Waals surface area contributed by atoms with E-state index in [-0.39, 0.29) is 17.6 Å². The number of hydrogen-bond donors (Lipinski definition) is 2. The SMILES string of the molecule is CC(C)c1ncc(C(=O)O)c(NCC2CCCO2)n1. The van der Waals surface area contributed by atoms with Crippen LogP contribution in [0.1, 0.15) is 48.8 Å². The van der Waals surface area contributed by atoms with Crippen molar-refractivity contribution in [2.24, 2.45) is 0 Å². The molecule has 1 aliphatic heterocycles. The third-order valence-electron chi connectivity index (χ3n) is 3.08. The van der Waals surface area contributed by atoms with Gasteiger partial charge in [-0.3, -0.25) is 0 Å². The van der Waals surface area contributed by atoms with Crippen LogP contribution in [-0.4, -0.2) is 40.3 Å². The van der Waals surface area contributed by atoms with Crippen LogP contribution < -0.4 is 5.32 Å². The number of ether oxygens (including phenoxy) is 1. The average molecular weight is 265 g/mol. The summed E-state index contributed by atoms with van der Waals surface area (Å²) in [4.78, 5) is 19.5. The van der Waals surface area contributed by atoms with Gasteiger partial charge in [-0.2, -0.15) is 0 Å². The molecule has 0 amide bonds. The molecular formula is C13H19N3O3. The number of aromatic carboxylic acids is 1. The van der Waals surface area contributed by atoms with Gasteiger partial charge in [-0.25, -0.2) is 14.8 Å². The molecule has 19 heavy (non-hydrogen) atoms. The predicted octanol–water partition coefficient (Wildman–Crippen LogP) is 1.89. The Morgan fingerprint density at radius 3 is 3.00 bits per heavy atom. The predicted molar refractivity (Wildman–Crippen MR) is 70.5 cm³/mol. The van der Waals surface area contributed by atoms with Crippen molar-refractivity contribution in [1.29, 1.82) is 0 Å². The molecule has 6 heteroatoms. The summed E-state index contributed by atoms with van der Waals surface area (Å²) >= 11 is 0. The number of rotatable bonds is 5. The van der Waals surface area contributed by atoms with Gasteiger partial charge in [0.05, 0.1) is 6.10 Å². The minimum atomic E-state index is -1.02. The summed E-state index contributed by atoms with van der Waals surface area (Å²) in [5.41, 5.74) is 0.0994. The van der Waals surface area contributed by atoms with Crippen LogP contribution in [-0.2, 0) is 4.74 Å². The smallest absolute Gasteiger partial charge is 0.341 e. The van der Waals surface area contributed by atoms with Crippen molar-refractivity contribution < 1.29 is 14.6 Å². The minimum absolute atomic E-state index is 0.0994. The molecule has 1 aromatic heterocycles. The van der Waals surface area contributed by atoms with Gasteiger partial charge in [-0.05, 0) is 12.8 Å². The summed E-state index contributed by atoms with van der Waals surface area (Å²) in [6.45, 7) is 5.30. The molecule has 1 atom stereocenters. The maximum atomic E-state index is 11.1. The number of nitrogens with zero attached hydrogens (tertiary/aromatic N) is 2.